The number of ketones is 1. The van der Waals surface area contributed by atoms with Gasteiger partial charge < -0.3 is 0 Å². The first-order chi connectivity index (χ1) is 8.81. The quantitative estimate of drug-likeness (QED) is 0.597. The van der Waals surface area contributed by atoms with Gasteiger partial charge in [-0.2, -0.15) is 0 Å². The van der Waals surface area contributed by atoms with Gasteiger partial charge in [0.2, 0.25) is 0 Å². The minimum atomic E-state index is 0.180. The van der Waals surface area contributed by atoms with Crippen molar-refractivity contribution in [1.82, 2.24) is 0 Å². The molecule has 0 fully saturated rings. The number of carbonyl (C=O) groups excluding carboxylic acids is 1. The fraction of sp³-hybridized carbons (Fsp3) is 0.312. The van der Waals surface area contributed by atoms with Crippen molar-refractivity contribution < 1.29 is 4.79 Å². The molecule has 0 aliphatic heterocycles. The summed E-state index contributed by atoms with van der Waals surface area (Å²) in [6.07, 6.45) is 4.78. The lowest BCUT2D eigenvalue weighted by Gasteiger charge is -2.20. The Bertz CT molecular complexity index is 616. The highest BCUT2D eigenvalue weighted by Crippen LogP contribution is 2.32. The first-order valence-corrected chi connectivity index (χ1v) is 7.56. The molecule has 1 aliphatic carbocycles. The van der Waals surface area contributed by atoms with Gasteiger partial charge >= 0.3 is 0 Å². The lowest BCUT2D eigenvalue weighted by atomic mass is 9.85. The van der Waals surface area contributed by atoms with E-state index in [9.17, 15) is 4.79 Å². The molecule has 0 unspecified atom stereocenters. The van der Waals surface area contributed by atoms with E-state index < -0.39 is 0 Å². The molecule has 0 amide bonds. The second-order valence-electron chi connectivity index (χ2n) is 4.87. The Balaban J connectivity index is 2.33. The van der Waals surface area contributed by atoms with Gasteiger partial charge in [-0.1, -0.05) is 40.2 Å². The summed E-state index contributed by atoms with van der Waals surface area (Å²) in [6.45, 7) is 0. The molecule has 3 rings (SSSR count). The van der Waals surface area contributed by atoms with E-state index in [1.165, 1.54) is 29.4 Å². The predicted molar refractivity (Wildman–Crippen MR) is 78.7 cm³/mol. The van der Waals surface area contributed by atoms with Crippen LogP contribution in [0.25, 0.3) is 10.8 Å². The molecular formula is C16H15BrO. The van der Waals surface area contributed by atoms with Gasteiger partial charge in [-0.15, -0.1) is 0 Å². The van der Waals surface area contributed by atoms with Crippen LogP contribution in [0.2, 0.25) is 0 Å². The molecule has 0 saturated carbocycles. The summed E-state index contributed by atoms with van der Waals surface area (Å²) in [5.41, 5.74) is 3.72. The minimum Gasteiger partial charge on any atom is -0.293 e. The third-order valence-corrected chi connectivity index (χ3v) is 4.30. The molecule has 0 heterocycles. The van der Waals surface area contributed by atoms with E-state index in [1.54, 1.807) is 0 Å². The highest BCUT2D eigenvalue weighted by molar-refractivity contribution is 9.09. The molecule has 1 nitrogen and oxygen atoms in total. The summed E-state index contributed by atoms with van der Waals surface area (Å²) in [5.74, 6) is 0.180. The maximum absolute atomic E-state index is 12.1. The molecule has 92 valence electrons. The van der Waals surface area contributed by atoms with Crippen molar-refractivity contribution in [2.75, 3.05) is 5.33 Å². The Morgan fingerprint density at radius 2 is 1.83 bits per heavy atom. The number of alkyl halides is 1. The zero-order valence-electron chi connectivity index (χ0n) is 10.2. The first kappa shape index (κ1) is 11.9. The van der Waals surface area contributed by atoms with Crippen molar-refractivity contribution in [2.24, 2.45) is 0 Å². The molecule has 2 heteroatoms. The van der Waals surface area contributed by atoms with Crippen molar-refractivity contribution in [1.29, 1.82) is 0 Å². The molecule has 18 heavy (non-hydrogen) atoms. The van der Waals surface area contributed by atoms with Gasteiger partial charge in [0.25, 0.3) is 0 Å². The number of halogens is 1. The van der Waals surface area contributed by atoms with Crippen LogP contribution >= 0.6 is 15.9 Å². The van der Waals surface area contributed by atoms with Crippen LogP contribution in [-0.2, 0) is 12.8 Å². The molecule has 0 radical (unpaired) electrons. The van der Waals surface area contributed by atoms with Gasteiger partial charge in [0.15, 0.2) is 5.78 Å². The number of hydrogen-bond donors (Lipinski definition) is 0. The van der Waals surface area contributed by atoms with Crippen LogP contribution < -0.4 is 0 Å². The summed E-state index contributed by atoms with van der Waals surface area (Å²) in [4.78, 5) is 12.1. The smallest absolute Gasteiger partial charge is 0.174 e. The van der Waals surface area contributed by atoms with Crippen molar-refractivity contribution in [3.05, 3.63) is 47.0 Å². The van der Waals surface area contributed by atoms with Gasteiger partial charge in [0.05, 0.1) is 5.33 Å². The van der Waals surface area contributed by atoms with E-state index >= 15 is 0 Å². The second-order valence-corrected chi connectivity index (χ2v) is 5.43. The van der Waals surface area contributed by atoms with Crippen LogP contribution in [-0.4, -0.2) is 11.1 Å². The van der Waals surface area contributed by atoms with E-state index in [4.69, 9.17) is 0 Å². The summed E-state index contributed by atoms with van der Waals surface area (Å²) in [5, 5.41) is 2.79. The third kappa shape index (κ3) is 1.89. The average molecular weight is 303 g/mol. The molecule has 0 saturated heterocycles. The molecule has 1 aliphatic rings. The highest BCUT2D eigenvalue weighted by Gasteiger charge is 2.17. The SMILES string of the molecule is O=C(CBr)c1cc2c(c3ccccc13)CCCC2. The number of rotatable bonds is 2. The van der Waals surface area contributed by atoms with Crippen molar-refractivity contribution >= 4 is 32.5 Å². The van der Waals surface area contributed by atoms with Crippen LogP contribution in [0.5, 0.6) is 0 Å². The molecule has 0 spiro atoms. The Hall–Kier alpha value is -1.15. The maximum atomic E-state index is 12.1. The lowest BCUT2D eigenvalue weighted by Crippen LogP contribution is -2.08. The van der Waals surface area contributed by atoms with E-state index in [0.29, 0.717) is 5.33 Å². The zero-order valence-corrected chi connectivity index (χ0v) is 11.8. The van der Waals surface area contributed by atoms with Crippen molar-refractivity contribution in [2.45, 2.75) is 25.7 Å². The summed E-state index contributed by atoms with van der Waals surface area (Å²) < 4.78 is 0. The lowest BCUT2D eigenvalue weighted by molar-refractivity contribution is 0.102. The van der Waals surface area contributed by atoms with Crippen LogP contribution in [0.15, 0.2) is 30.3 Å². The van der Waals surface area contributed by atoms with Crippen LogP contribution in [0.1, 0.15) is 34.3 Å². The number of carbonyl (C=O) groups is 1. The van der Waals surface area contributed by atoms with Crippen molar-refractivity contribution in [3.63, 3.8) is 0 Å². The molecular weight excluding hydrogens is 288 g/mol. The fourth-order valence-electron chi connectivity index (χ4n) is 2.93. The number of aryl methyl sites for hydroxylation is 2. The molecule has 2 aromatic rings. The summed E-state index contributed by atoms with van der Waals surface area (Å²) in [6, 6.07) is 10.4. The van der Waals surface area contributed by atoms with Gasteiger partial charge in [0.1, 0.15) is 0 Å². The predicted octanol–water partition coefficient (Wildman–Crippen LogP) is 4.30. The molecule has 2 aromatic carbocycles. The Morgan fingerprint density at radius 3 is 2.61 bits per heavy atom. The monoisotopic (exact) mass is 302 g/mol. The Labute approximate surface area is 115 Å². The van der Waals surface area contributed by atoms with Crippen LogP contribution in [0.4, 0.5) is 0 Å². The summed E-state index contributed by atoms with van der Waals surface area (Å²) >= 11 is 3.28. The van der Waals surface area contributed by atoms with E-state index in [1.807, 2.05) is 6.07 Å². The maximum Gasteiger partial charge on any atom is 0.174 e. The van der Waals surface area contributed by atoms with E-state index in [2.05, 4.69) is 40.2 Å². The third-order valence-electron chi connectivity index (χ3n) is 3.79. The van der Waals surface area contributed by atoms with Gasteiger partial charge in [0, 0.05) is 5.56 Å². The van der Waals surface area contributed by atoms with Crippen LogP contribution in [0.3, 0.4) is 0 Å². The minimum absolute atomic E-state index is 0.180. The number of hydrogen-bond acceptors (Lipinski definition) is 1. The molecule has 0 aromatic heterocycles. The average Bonchev–Trinajstić information content (AvgIpc) is 2.45. The van der Waals surface area contributed by atoms with E-state index in [0.717, 1.165) is 23.8 Å². The normalized spacial score (nSPS) is 14.5. The highest BCUT2D eigenvalue weighted by atomic mass is 79.9. The van der Waals surface area contributed by atoms with Gasteiger partial charge in [-0.25, -0.2) is 0 Å². The van der Waals surface area contributed by atoms with Gasteiger partial charge in [-0.05, 0) is 53.6 Å². The molecule has 0 bridgehead atoms. The first-order valence-electron chi connectivity index (χ1n) is 6.44. The standard InChI is InChI=1S/C16H15BrO/c17-10-16(18)15-9-11-5-1-2-6-12(11)13-7-3-4-8-14(13)15/h3-4,7-9H,1-2,5-6,10H2. The second kappa shape index (κ2) is 4.85. The zero-order chi connectivity index (χ0) is 12.5. The fourth-order valence-corrected chi connectivity index (χ4v) is 3.23. The van der Waals surface area contributed by atoms with Crippen LogP contribution in [0, 0.1) is 0 Å². The number of benzene rings is 2. The number of fused-ring (bicyclic) bond motifs is 3. The largest absolute Gasteiger partial charge is 0.293 e. The van der Waals surface area contributed by atoms with Gasteiger partial charge in [-0.3, -0.25) is 4.79 Å². The Kier molecular flexibility index (Phi) is 3.21. The van der Waals surface area contributed by atoms with E-state index in [-0.39, 0.29) is 5.78 Å². The molecule has 0 atom stereocenters. The topological polar surface area (TPSA) is 17.1 Å². The van der Waals surface area contributed by atoms with Crippen molar-refractivity contribution in [3.8, 4) is 0 Å². The summed E-state index contributed by atoms with van der Waals surface area (Å²) in [7, 11) is 0. The molecule has 0 N–H and O–H groups in total. The Morgan fingerprint density at radius 1 is 1.11 bits per heavy atom. The number of Topliss-reactive ketones (excluding diaryl/α,β-unsaturated/α-hetero) is 1.